The SMILES string of the molecule is COc1ccc([C@@]2(O)CCC[C@H]3CN(C(=O)c4oc(C)nc4C)C[C@H]32)cc1. The van der Waals surface area contributed by atoms with E-state index in [1.165, 1.54) is 0 Å². The molecule has 3 atom stereocenters. The van der Waals surface area contributed by atoms with Crippen molar-refractivity contribution in [2.45, 2.75) is 38.7 Å². The van der Waals surface area contributed by atoms with Crippen LogP contribution < -0.4 is 4.74 Å². The van der Waals surface area contributed by atoms with Crippen molar-refractivity contribution in [3.05, 3.63) is 47.2 Å². The predicted octanol–water partition coefficient (Wildman–Crippen LogP) is 3.06. The molecule has 2 aliphatic rings. The monoisotopic (exact) mass is 370 g/mol. The minimum atomic E-state index is -0.920. The average molecular weight is 370 g/mol. The summed E-state index contributed by atoms with van der Waals surface area (Å²) in [7, 11) is 1.63. The molecule has 2 heterocycles. The van der Waals surface area contributed by atoms with Gasteiger partial charge in [-0.3, -0.25) is 4.79 Å². The molecule has 1 aliphatic carbocycles. The van der Waals surface area contributed by atoms with Gasteiger partial charge in [0.1, 0.15) is 5.75 Å². The molecule has 144 valence electrons. The fourth-order valence-corrected chi connectivity index (χ4v) is 4.80. The lowest BCUT2D eigenvalue weighted by atomic mass is 9.67. The van der Waals surface area contributed by atoms with Crippen LogP contribution in [0.15, 0.2) is 28.7 Å². The van der Waals surface area contributed by atoms with Crippen molar-refractivity contribution < 1.29 is 19.1 Å². The van der Waals surface area contributed by atoms with Crippen molar-refractivity contribution in [1.82, 2.24) is 9.88 Å². The Labute approximate surface area is 159 Å². The van der Waals surface area contributed by atoms with Crippen molar-refractivity contribution in [1.29, 1.82) is 0 Å². The summed E-state index contributed by atoms with van der Waals surface area (Å²) in [6.45, 7) is 4.73. The van der Waals surface area contributed by atoms with Gasteiger partial charge >= 0.3 is 0 Å². The first-order chi connectivity index (χ1) is 12.9. The maximum atomic E-state index is 12.9. The smallest absolute Gasteiger partial charge is 0.291 e. The van der Waals surface area contributed by atoms with E-state index in [-0.39, 0.29) is 11.8 Å². The van der Waals surface area contributed by atoms with Crippen LogP contribution in [0.25, 0.3) is 0 Å². The van der Waals surface area contributed by atoms with Crippen LogP contribution in [0.3, 0.4) is 0 Å². The van der Waals surface area contributed by atoms with Crippen LogP contribution in [-0.4, -0.2) is 41.1 Å². The van der Waals surface area contributed by atoms with Crippen molar-refractivity contribution in [3.8, 4) is 5.75 Å². The Balaban J connectivity index is 1.59. The van der Waals surface area contributed by atoms with Crippen LogP contribution in [-0.2, 0) is 5.60 Å². The van der Waals surface area contributed by atoms with E-state index in [0.717, 1.165) is 24.2 Å². The number of aliphatic hydroxyl groups is 1. The summed E-state index contributed by atoms with van der Waals surface area (Å²) in [5.74, 6) is 1.78. The number of ether oxygens (including phenoxy) is 1. The fourth-order valence-electron chi connectivity index (χ4n) is 4.80. The molecule has 1 aromatic heterocycles. The highest BCUT2D eigenvalue weighted by molar-refractivity contribution is 5.92. The molecule has 27 heavy (non-hydrogen) atoms. The fraction of sp³-hybridized carbons (Fsp3) is 0.524. The zero-order valence-electron chi connectivity index (χ0n) is 16.1. The van der Waals surface area contributed by atoms with Crippen molar-refractivity contribution >= 4 is 5.91 Å². The molecule has 0 spiro atoms. The number of amides is 1. The summed E-state index contributed by atoms with van der Waals surface area (Å²) >= 11 is 0. The van der Waals surface area contributed by atoms with E-state index in [2.05, 4.69) is 4.98 Å². The van der Waals surface area contributed by atoms with Gasteiger partial charge in [0.05, 0.1) is 18.4 Å². The molecule has 1 N–H and O–H groups in total. The molecule has 1 saturated carbocycles. The topological polar surface area (TPSA) is 75.8 Å². The summed E-state index contributed by atoms with van der Waals surface area (Å²) in [6, 6.07) is 7.65. The van der Waals surface area contributed by atoms with Gasteiger partial charge in [0, 0.05) is 25.9 Å². The lowest BCUT2D eigenvalue weighted by Crippen LogP contribution is -2.43. The van der Waals surface area contributed by atoms with Gasteiger partial charge in [0.2, 0.25) is 5.76 Å². The van der Waals surface area contributed by atoms with Crippen LogP contribution in [0.5, 0.6) is 5.75 Å². The number of carbonyl (C=O) groups is 1. The lowest BCUT2D eigenvalue weighted by molar-refractivity contribution is -0.0644. The van der Waals surface area contributed by atoms with E-state index in [4.69, 9.17) is 9.15 Å². The molecule has 1 saturated heterocycles. The van der Waals surface area contributed by atoms with Gasteiger partial charge < -0.3 is 19.2 Å². The number of fused-ring (bicyclic) bond motifs is 1. The normalized spacial score (nSPS) is 27.5. The van der Waals surface area contributed by atoms with Crippen molar-refractivity contribution in [3.63, 3.8) is 0 Å². The second kappa shape index (κ2) is 6.68. The van der Waals surface area contributed by atoms with Crippen LogP contribution in [0, 0.1) is 25.7 Å². The highest BCUT2D eigenvalue weighted by atomic mass is 16.5. The Bertz CT molecular complexity index is 844. The number of nitrogens with zero attached hydrogens (tertiary/aromatic N) is 2. The average Bonchev–Trinajstić information content (AvgIpc) is 3.25. The first-order valence-corrected chi connectivity index (χ1v) is 9.52. The predicted molar refractivity (Wildman–Crippen MR) is 99.6 cm³/mol. The number of benzene rings is 1. The second-order valence-corrected chi connectivity index (χ2v) is 7.77. The van der Waals surface area contributed by atoms with Gasteiger partial charge in [-0.25, -0.2) is 4.98 Å². The molecule has 0 bridgehead atoms. The van der Waals surface area contributed by atoms with Gasteiger partial charge in [-0.2, -0.15) is 0 Å². The Morgan fingerprint density at radius 1 is 1.30 bits per heavy atom. The van der Waals surface area contributed by atoms with E-state index in [1.54, 1.807) is 21.0 Å². The van der Waals surface area contributed by atoms with Gasteiger partial charge in [-0.05, 0) is 49.8 Å². The Kier molecular flexibility index (Phi) is 4.46. The number of oxazole rings is 1. The molecule has 2 fully saturated rings. The molecule has 6 heteroatoms. The zero-order chi connectivity index (χ0) is 19.2. The molecule has 1 aromatic carbocycles. The van der Waals surface area contributed by atoms with Gasteiger partial charge in [0.15, 0.2) is 5.89 Å². The zero-order valence-corrected chi connectivity index (χ0v) is 16.1. The third-order valence-corrected chi connectivity index (χ3v) is 6.16. The minimum absolute atomic E-state index is 0.0212. The van der Waals surface area contributed by atoms with E-state index >= 15 is 0 Å². The summed E-state index contributed by atoms with van der Waals surface area (Å²) in [5, 5.41) is 11.6. The summed E-state index contributed by atoms with van der Waals surface area (Å²) in [6.07, 6.45) is 2.69. The molecule has 0 radical (unpaired) electrons. The lowest BCUT2D eigenvalue weighted by Gasteiger charge is -2.41. The van der Waals surface area contributed by atoms with E-state index in [0.29, 0.717) is 42.8 Å². The number of rotatable bonds is 3. The molecule has 1 amide bonds. The Hall–Kier alpha value is -2.34. The minimum Gasteiger partial charge on any atom is -0.497 e. The standard InChI is InChI=1S/C21H26N2O4/c1-13-19(27-14(2)22-13)20(24)23-11-15-5-4-10-21(25,18(15)12-23)16-6-8-17(26-3)9-7-16/h6-9,15,18,25H,4-5,10-12H2,1-3H3/t15-,18+,21-/m0/s1. The van der Waals surface area contributed by atoms with Crippen LogP contribution >= 0.6 is 0 Å². The highest BCUT2D eigenvalue weighted by Crippen LogP contribution is 2.48. The summed E-state index contributed by atoms with van der Waals surface area (Å²) in [5.41, 5.74) is 0.605. The summed E-state index contributed by atoms with van der Waals surface area (Å²) < 4.78 is 10.8. The maximum absolute atomic E-state index is 12.9. The molecule has 6 nitrogen and oxygen atoms in total. The number of hydrogen-bond donors (Lipinski definition) is 1. The molecule has 4 rings (SSSR count). The number of aryl methyl sites for hydroxylation is 2. The largest absolute Gasteiger partial charge is 0.497 e. The van der Waals surface area contributed by atoms with Crippen molar-refractivity contribution in [2.75, 3.05) is 20.2 Å². The van der Waals surface area contributed by atoms with E-state index in [1.807, 2.05) is 29.2 Å². The summed E-state index contributed by atoms with van der Waals surface area (Å²) in [4.78, 5) is 19.0. The van der Waals surface area contributed by atoms with Crippen molar-refractivity contribution in [2.24, 2.45) is 11.8 Å². The first-order valence-electron chi connectivity index (χ1n) is 9.52. The van der Waals surface area contributed by atoms with Gasteiger partial charge in [-0.15, -0.1) is 0 Å². The van der Waals surface area contributed by atoms with Gasteiger partial charge in [-0.1, -0.05) is 12.1 Å². The Morgan fingerprint density at radius 3 is 2.67 bits per heavy atom. The number of likely N-dealkylation sites (tertiary alicyclic amines) is 1. The maximum Gasteiger partial charge on any atom is 0.291 e. The number of hydrogen-bond acceptors (Lipinski definition) is 5. The molecular weight excluding hydrogens is 344 g/mol. The number of methoxy groups -OCH3 is 1. The van der Waals surface area contributed by atoms with Gasteiger partial charge in [0.25, 0.3) is 5.91 Å². The number of carbonyl (C=O) groups excluding carboxylic acids is 1. The van der Waals surface area contributed by atoms with E-state index < -0.39 is 5.60 Å². The molecule has 1 aliphatic heterocycles. The number of aromatic nitrogens is 1. The molecule has 2 aromatic rings. The quantitative estimate of drug-likeness (QED) is 0.899. The van der Waals surface area contributed by atoms with Crippen LogP contribution in [0.1, 0.15) is 47.0 Å². The third kappa shape index (κ3) is 3.02. The third-order valence-electron chi connectivity index (χ3n) is 6.16. The highest BCUT2D eigenvalue weighted by Gasteiger charge is 2.51. The van der Waals surface area contributed by atoms with E-state index in [9.17, 15) is 9.90 Å². The molecule has 0 unspecified atom stereocenters. The molecular formula is C21H26N2O4. The van der Waals surface area contributed by atoms with Crippen LogP contribution in [0.2, 0.25) is 0 Å². The second-order valence-electron chi connectivity index (χ2n) is 7.77. The first kappa shape index (κ1) is 18.0. The van der Waals surface area contributed by atoms with Crippen LogP contribution in [0.4, 0.5) is 0 Å². The Morgan fingerprint density at radius 2 is 2.04 bits per heavy atom.